The van der Waals surface area contributed by atoms with Crippen LogP contribution in [0.25, 0.3) is 16.3 Å². The van der Waals surface area contributed by atoms with Crippen LogP contribution in [-0.4, -0.2) is 58.8 Å². The van der Waals surface area contributed by atoms with Crippen molar-refractivity contribution < 1.29 is 18.4 Å². The Morgan fingerprint density at radius 1 is 1.11 bits per heavy atom. The zero-order valence-electron chi connectivity index (χ0n) is 21.5. The van der Waals surface area contributed by atoms with Crippen LogP contribution in [0.4, 0.5) is 8.78 Å². The minimum Gasteiger partial charge on any atom is -0.342 e. The standard InChI is InChI=1S/C31H31F2N3O2/c1-30(9-10-30)28(37)35-13-8-19(17-35)18-36-27(34-31(11-12-31)29(36)38)25-7-5-23(16-26(25)33)20-2-3-22-15-24(32)6-4-21(22)14-20/h2-7,14-16,19,25-26H,8-13,17-18H2,1H3/t19-,25?,26?/m1/s1. The predicted octanol–water partition coefficient (Wildman–Crippen LogP) is 5.31. The van der Waals surface area contributed by atoms with Gasteiger partial charge in [-0.3, -0.25) is 19.5 Å². The summed E-state index contributed by atoms with van der Waals surface area (Å²) in [6.07, 6.45) is 8.20. The smallest absolute Gasteiger partial charge is 0.255 e. The average molecular weight is 516 g/mol. The van der Waals surface area contributed by atoms with Gasteiger partial charge in [0.2, 0.25) is 5.91 Å². The number of nitrogens with zero attached hydrogens (tertiary/aromatic N) is 3. The molecule has 2 aromatic rings. The van der Waals surface area contributed by atoms with Crippen LogP contribution in [0.1, 0.15) is 44.6 Å². The van der Waals surface area contributed by atoms with Gasteiger partial charge in [-0.05, 0) is 84.2 Å². The molecule has 0 bridgehead atoms. The van der Waals surface area contributed by atoms with E-state index in [2.05, 4.69) is 0 Å². The fourth-order valence-electron chi connectivity index (χ4n) is 6.23. The number of allylic oxidation sites excluding steroid dienone is 3. The molecule has 7 rings (SSSR count). The van der Waals surface area contributed by atoms with Gasteiger partial charge in [-0.25, -0.2) is 8.78 Å². The zero-order chi connectivity index (χ0) is 26.2. The van der Waals surface area contributed by atoms with E-state index in [0.29, 0.717) is 31.8 Å². The third kappa shape index (κ3) is 3.89. The Balaban J connectivity index is 1.09. The van der Waals surface area contributed by atoms with Crippen LogP contribution >= 0.6 is 0 Å². The van der Waals surface area contributed by atoms with E-state index in [1.54, 1.807) is 17.0 Å². The summed E-state index contributed by atoms with van der Waals surface area (Å²) in [6.45, 7) is 3.88. The SMILES string of the molecule is CC1(C(=O)N2CC[C@@H](CN3C(=O)C4(CC4)N=C3C3C=CC(c4ccc5cc(F)ccc5c4)=CC3F)C2)CC1. The van der Waals surface area contributed by atoms with Crippen LogP contribution in [0.15, 0.2) is 59.6 Å². The lowest BCUT2D eigenvalue weighted by molar-refractivity contribution is -0.135. The molecule has 0 aromatic heterocycles. The molecule has 3 fully saturated rings. The molecule has 7 heteroatoms. The minimum atomic E-state index is -1.32. The van der Waals surface area contributed by atoms with E-state index in [1.165, 1.54) is 12.1 Å². The van der Waals surface area contributed by atoms with E-state index in [0.717, 1.165) is 47.7 Å². The maximum atomic E-state index is 15.7. The molecule has 2 aliphatic heterocycles. The molecule has 0 radical (unpaired) electrons. The predicted molar refractivity (Wildman–Crippen MR) is 143 cm³/mol. The number of rotatable bonds is 5. The van der Waals surface area contributed by atoms with Gasteiger partial charge in [0.05, 0.1) is 5.92 Å². The Hall–Kier alpha value is -3.35. The van der Waals surface area contributed by atoms with Gasteiger partial charge < -0.3 is 4.90 Å². The number of benzene rings is 2. The monoisotopic (exact) mass is 515 g/mol. The Morgan fingerprint density at radius 3 is 2.61 bits per heavy atom. The number of carbonyl (C=O) groups is 2. The van der Waals surface area contributed by atoms with Gasteiger partial charge in [0, 0.05) is 25.0 Å². The zero-order valence-corrected chi connectivity index (χ0v) is 21.5. The number of alkyl halides is 1. The first-order chi connectivity index (χ1) is 18.2. The summed E-state index contributed by atoms with van der Waals surface area (Å²) in [5.41, 5.74) is 0.733. The van der Waals surface area contributed by atoms with Gasteiger partial charge in [0.15, 0.2) is 0 Å². The summed E-state index contributed by atoms with van der Waals surface area (Å²) < 4.78 is 29.3. The second kappa shape index (κ2) is 8.32. The van der Waals surface area contributed by atoms with E-state index in [-0.39, 0.29) is 29.0 Å². The topological polar surface area (TPSA) is 53.0 Å². The van der Waals surface area contributed by atoms with Gasteiger partial charge in [0.25, 0.3) is 5.91 Å². The highest BCUT2D eigenvalue weighted by molar-refractivity contribution is 6.11. The van der Waals surface area contributed by atoms with Crippen molar-refractivity contribution in [1.29, 1.82) is 0 Å². The molecule has 2 amide bonds. The van der Waals surface area contributed by atoms with Gasteiger partial charge in [-0.15, -0.1) is 0 Å². The third-order valence-corrected chi connectivity index (χ3v) is 9.10. The molecule has 3 atom stereocenters. The van der Waals surface area contributed by atoms with E-state index in [1.807, 2.05) is 42.2 Å². The van der Waals surface area contributed by atoms with E-state index in [9.17, 15) is 14.0 Å². The van der Waals surface area contributed by atoms with Crippen molar-refractivity contribution in [2.24, 2.45) is 22.2 Å². The van der Waals surface area contributed by atoms with Crippen molar-refractivity contribution in [3.63, 3.8) is 0 Å². The molecule has 2 heterocycles. The lowest BCUT2D eigenvalue weighted by atomic mass is 9.89. The summed E-state index contributed by atoms with van der Waals surface area (Å²) in [5.74, 6) is 0.0109. The summed E-state index contributed by atoms with van der Waals surface area (Å²) in [4.78, 5) is 34.7. The maximum absolute atomic E-state index is 15.7. The molecular weight excluding hydrogens is 484 g/mol. The normalized spacial score (nSPS) is 28.7. The molecular formula is C31H31F2N3O2. The second-order valence-corrected chi connectivity index (χ2v) is 12.0. The van der Waals surface area contributed by atoms with Crippen LogP contribution in [0.5, 0.6) is 0 Å². The number of hydrogen-bond donors (Lipinski definition) is 0. The fourth-order valence-corrected chi connectivity index (χ4v) is 6.23. The Bertz CT molecular complexity index is 1450. The van der Waals surface area contributed by atoms with Crippen LogP contribution in [0.3, 0.4) is 0 Å². The minimum absolute atomic E-state index is 0.0106. The lowest BCUT2D eigenvalue weighted by Gasteiger charge is -2.29. The van der Waals surface area contributed by atoms with Gasteiger partial charge >= 0.3 is 0 Å². The van der Waals surface area contributed by atoms with E-state index >= 15 is 4.39 Å². The molecule has 2 unspecified atom stereocenters. The molecule has 5 aliphatic rings. The molecule has 1 spiro atoms. The van der Waals surface area contributed by atoms with Crippen molar-refractivity contribution in [3.05, 3.63) is 66.0 Å². The Kier molecular flexibility index (Phi) is 5.20. The molecule has 0 N–H and O–H groups in total. The molecule has 3 aliphatic carbocycles. The summed E-state index contributed by atoms with van der Waals surface area (Å²) in [5, 5.41) is 1.69. The van der Waals surface area contributed by atoms with Crippen molar-refractivity contribution in [2.75, 3.05) is 19.6 Å². The maximum Gasteiger partial charge on any atom is 0.255 e. The number of amides is 2. The first kappa shape index (κ1) is 23.7. The lowest BCUT2D eigenvalue weighted by Crippen LogP contribution is -2.44. The number of halogens is 2. The quantitative estimate of drug-likeness (QED) is 0.542. The van der Waals surface area contributed by atoms with Crippen LogP contribution in [0.2, 0.25) is 0 Å². The Morgan fingerprint density at radius 2 is 1.87 bits per heavy atom. The average Bonchev–Trinajstić information content (AvgIpc) is 3.79. The highest BCUT2D eigenvalue weighted by Gasteiger charge is 2.59. The van der Waals surface area contributed by atoms with Crippen LogP contribution in [0, 0.1) is 23.1 Å². The second-order valence-electron chi connectivity index (χ2n) is 12.0. The molecule has 2 aromatic carbocycles. The van der Waals surface area contributed by atoms with Gasteiger partial charge in [-0.2, -0.15) is 0 Å². The Labute approximate surface area is 220 Å². The van der Waals surface area contributed by atoms with Crippen LogP contribution < -0.4 is 0 Å². The summed E-state index contributed by atoms with van der Waals surface area (Å²) in [7, 11) is 0. The molecule has 1 saturated heterocycles. The number of fused-ring (bicyclic) bond motifs is 1. The number of amidine groups is 1. The number of hydrogen-bond acceptors (Lipinski definition) is 3. The van der Waals surface area contributed by atoms with Crippen molar-refractivity contribution >= 4 is 34.0 Å². The molecule has 196 valence electrons. The van der Waals surface area contributed by atoms with E-state index < -0.39 is 17.6 Å². The number of aliphatic imine (C=N–C) groups is 1. The van der Waals surface area contributed by atoms with Crippen molar-refractivity contribution in [3.8, 4) is 0 Å². The van der Waals surface area contributed by atoms with Crippen molar-refractivity contribution in [1.82, 2.24) is 9.80 Å². The van der Waals surface area contributed by atoms with Crippen molar-refractivity contribution in [2.45, 2.75) is 50.7 Å². The largest absolute Gasteiger partial charge is 0.342 e. The summed E-state index contributed by atoms with van der Waals surface area (Å²) in [6, 6.07) is 10.3. The van der Waals surface area contributed by atoms with Gasteiger partial charge in [0.1, 0.15) is 23.4 Å². The fraction of sp³-hybridized carbons (Fsp3) is 0.452. The summed E-state index contributed by atoms with van der Waals surface area (Å²) >= 11 is 0. The number of likely N-dealkylation sites (tertiary alicyclic amines) is 1. The molecule has 5 nitrogen and oxygen atoms in total. The highest BCUT2D eigenvalue weighted by atomic mass is 19.1. The highest BCUT2D eigenvalue weighted by Crippen LogP contribution is 2.49. The molecule has 2 saturated carbocycles. The number of carbonyl (C=O) groups excluding carboxylic acids is 2. The van der Waals surface area contributed by atoms with Crippen LogP contribution in [-0.2, 0) is 9.59 Å². The van der Waals surface area contributed by atoms with Gasteiger partial charge in [-0.1, -0.05) is 37.3 Å². The molecule has 38 heavy (non-hydrogen) atoms. The van der Waals surface area contributed by atoms with E-state index in [4.69, 9.17) is 4.99 Å². The first-order valence-corrected chi connectivity index (χ1v) is 13.7. The third-order valence-electron chi connectivity index (χ3n) is 9.10. The first-order valence-electron chi connectivity index (χ1n) is 13.7.